The van der Waals surface area contributed by atoms with Gasteiger partial charge in [0.15, 0.2) is 0 Å². The maximum atomic E-state index is 3.52. The predicted molar refractivity (Wildman–Crippen MR) is 56.9 cm³/mol. The molecule has 12 heavy (non-hydrogen) atoms. The summed E-state index contributed by atoms with van der Waals surface area (Å²) in [5.41, 5.74) is 1.26. The van der Waals surface area contributed by atoms with Gasteiger partial charge in [-0.15, -0.1) is 0 Å². The molecule has 0 spiro atoms. The molecular formula is C10H17NS. The first-order chi connectivity index (χ1) is 5.74. The van der Waals surface area contributed by atoms with Crippen molar-refractivity contribution in [2.75, 3.05) is 5.32 Å². The van der Waals surface area contributed by atoms with Crippen LogP contribution in [0.25, 0.3) is 0 Å². The van der Waals surface area contributed by atoms with Gasteiger partial charge in [0, 0.05) is 17.1 Å². The molecule has 1 nitrogen and oxygen atoms in total. The van der Waals surface area contributed by atoms with Crippen LogP contribution in [0.15, 0.2) is 16.8 Å². The Morgan fingerprint density at radius 1 is 1.50 bits per heavy atom. The van der Waals surface area contributed by atoms with Crippen molar-refractivity contribution in [3.63, 3.8) is 0 Å². The van der Waals surface area contributed by atoms with Gasteiger partial charge in [-0.05, 0) is 23.8 Å². The van der Waals surface area contributed by atoms with Crippen molar-refractivity contribution in [3.8, 4) is 0 Å². The van der Waals surface area contributed by atoms with Gasteiger partial charge < -0.3 is 5.32 Å². The molecule has 0 aliphatic carbocycles. The van der Waals surface area contributed by atoms with Crippen LogP contribution in [0.4, 0.5) is 5.69 Å². The summed E-state index contributed by atoms with van der Waals surface area (Å²) in [6.45, 7) is 6.74. The van der Waals surface area contributed by atoms with E-state index in [0.717, 1.165) is 0 Å². The van der Waals surface area contributed by atoms with E-state index < -0.39 is 0 Å². The lowest BCUT2D eigenvalue weighted by Crippen LogP contribution is -2.24. The van der Waals surface area contributed by atoms with Crippen molar-refractivity contribution in [2.24, 2.45) is 5.92 Å². The molecule has 0 aromatic carbocycles. The quantitative estimate of drug-likeness (QED) is 0.752. The van der Waals surface area contributed by atoms with E-state index in [1.807, 2.05) is 0 Å². The van der Waals surface area contributed by atoms with Crippen molar-refractivity contribution in [1.82, 2.24) is 0 Å². The maximum absolute atomic E-state index is 3.52. The lowest BCUT2D eigenvalue weighted by Gasteiger charge is -2.20. The number of anilines is 1. The second kappa shape index (κ2) is 4.51. The smallest absolute Gasteiger partial charge is 0.0451 e. The summed E-state index contributed by atoms with van der Waals surface area (Å²) in [7, 11) is 0. The maximum Gasteiger partial charge on any atom is 0.0451 e. The van der Waals surface area contributed by atoms with Crippen LogP contribution in [-0.2, 0) is 0 Å². The fourth-order valence-corrected chi connectivity index (χ4v) is 1.90. The van der Waals surface area contributed by atoms with Gasteiger partial charge in [0.2, 0.25) is 0 Å². The van der Waals surface area contributed by atoms with Crippen molar-refractivity contribution < 1.29 is 0 Å². The van der Waals surface area contributed by atoms with Gasteiger partial charge in [-0.25, -0.2) is 0 Å². The summed E-state index contributed by atoms with van der Waals surface area (Å²) in [4.78, 5) is 0. The van der Waals surface area contributed by atoms with E-state index in [0.29, 0.717) is 12.0 Å². The molecule has 1 unspecified atom stereocenters. The Kier molecular flexibility index (Phi) is 3.60. The van der Waals surface area contributed by atoms with Crippen LogP contribution < -0.4 is 5.32 Å². The van der Waals surface area contributed by atoms with Gasteiger partial charge in [-0.3, -0.25) is 0 Å². The van der Waals surface area contributed by atoms with Gasteiger partial charge in [0.1, 0.15) is 0 Å². The molecule has 1 rings (SSSR count). The Labute approximate surface area is 78.8 Å². The molecule has 1 heterocycles. The number of thiophene rings is 1. The third-order valence-electron chi connectivity index (χ3n) is 2.12. The molecule has 1 aromatic heterocycles. The number of hydrogen-bond donors (Lipinski definition) is 1. The van der Waals surface area contributed by atoms with Crippen LogP contribution in [0, 0.1) is 5.92 Å². The topological polar surface area (TPSA) is 12.0 Å². The highest BCUT2D eigenvalue weighted by Crippen LogP contribution is 2.17. The van der Waals surface area contributed by atoms with E-state index >= 15 is 0 Å². The molecule has 0 aliphatic heterocycles. The van der Waals surface area contributed by atoms with E-state index in [2.05, 4.69) is 42.9 Å². The molecule has 0 amide bonds. The fourth-order valence-electron chi connectivity index (χ4n) is 1.30. The lowest BCUT2D eigenvalue weighted by atomic mass is 10.0. The van der Waals surface area contributed by atoms with E-state index in [1.165, 1.54) is 12.1 Å². The molecule has 0 radical (unpaired) electrons. The summed E-state index contributed by atoms with van der Waals surface area (Å²) >= 11 is 1.74. The van der Waals surface area contributed by atoms with E-state index in [4.69, 9.17) is 0 Å². The van der Waals surface area contributed by atoms with Crippen LogP contribution in [0.1, 0.15) is 27.2 Å². The molecule has 0 aliphatic rings. The zero-order valence-electron chi connectivity index (χ0n) is 8.00. The van der Waals surface area contributed by atoms with Crippen LogP contribution in [0.5, 0.6) is 0 Å². The Hall–Kier alpha value is -0.500. The zero-order valence-corrected chi connectivity index (χ0v) is 8.82. The van der Waals surface area contributed by atoms with Crippen LogP contribution in [0.2, 0.25) is 0 Å². The highest BCUT2D eigenvalue weighted by Gasteiger charge is 2.09. The second-order valence-electron chi connectivity index (χ2n) is 3.42. The van der Waals surface area contributed by atoms with Gasteiger partial charge in [-0.1, -0.05) is 20.8 Å². The highest BCUT2D eigenvalue weighted by molar-refractivity contribution is 7.08. The van der Waals surface area contributed by atoms with Crippen LogP contribution in [0.3, 0.4) is 0 Å². The normalized spacial score (nSPS) is 13.3. The Morgan fingerprint density at radius 3 is 2.67 bits per heavy atom. The zero-order chi connectivity index (χ0) is 8.97. The first kappa shape index (κ1) is 9.59. The largest absolute Gasteiger partial charge is 0.381 e. The number of hydrogen-bond acceptors (Lipinski definition) is 2. The van der Waals surface area contributed by atoms with Gasteiger partial charge in [-0.2, -0.15) is 11.3 Å². The first-order valence-electron chi connectivity index (χ1n) is 4.52. The minimum atomic E-state index is 0.611. The van der Waals surface area contributed by atoms with Gasteiger partial charge in [0.05, 0.1) is 0 Å². The van der Waals surface area contributed by atoms with Crippen molar-refractivity contribution in [1.29, 1.82) is 0 Å². The molecule has 0 saturated carbocycles. The first-order valence-corrected chi connectivity index (χ1v) is 5.47. The molecule has 0 saturated heterocycles. The molecular weight excluding hydrogens is 166 g/mol. The molecule has 1 atom stereocenters. The molecule has 1 aromatic rings. The van der Waals surface area contributed by atoms with Gasteiger partial charge >= 0.3 is 0 Å². The Balaban J connectivity index is 2.48. The summed E-state index contributed by atoms with van der Waals surface area (Å²) in [6.07, 6.45) is 1.19. The average molecular weight is 183 g/mol. The number of rotatable bonds is 4. The standard InChI is InChI=1S/C10H17NS/c1-4-10(8(2)3)11-9-5-6-12-7-9/h5-8,10-11H,4H2,1-3H3. The minimum Gasteiger partial charge on any atom is -0.381 e. The summed E-state index contributed by atoms with van der Waals surface area (Å²) < 4.78 is 0. The summed E-state index contributed by atoms with van der Waals surface area (Å²) in [5.74, 6) is 0.704. The SMILES string of the molecule is CCC(Nc1ccsc1)C(C)C. The summed E-state index contributed by atoms with van der Waals surface area (Å²) in [5, 5.41) is 7.78. The van der Waals surface area contributed by atoms with Crippen molar-refractivity contribution in [3.05, 3.63) is 16.8 Å². The second-order valence-corrected chi connectivity index (χ2v) is 4.20. The average Bonchev–Trinajstić information content (AvgIpc) is 2.51. The minimum absolute atomic E-state index is 0.611. The molecule has 0 bridgehead atoms. The molecule has 68 valence electrons. The Morgan fingerprint density at radius 2 is 2.25 bits per heavy atom. The van der Waals surface area contributed by atoms with Gasteiger partial charge in [0.25, 0.3) is 0 Å². The molecule has 0 fully saturated rings. The summed E-state index contributed by atoms with van der Waals surface area (Å²) in [6, 6.07) is 2.75. The third kappa shape index (κ3) is 2.52. The van der Waals surface area contributed by atoms with E-state index in [9.17, 15) is 0 Å². The molecule has 2 heteroatoms. The monoisotopic (exact) mass is 183 g/mol. The van der Waals surface area contributed by atoms with E-state index in [1.54, 1.807) is 11.3 Å². The predicted octanol–water partition coefficient (Wildman–Crippen LogP) is 3.59. The Bertz CT molecular complexity index is 204. The van der Waals surface area contributed by atoms with Crippen molar-refractivity contribution >= 4 is 17.0 Å². The highest BCUT2D eigenvalue weighted by atomic mass is 32.1. The van der Waals surface area contributed by atoms with Crippen molar-refractivity contribution in [2.45, 2.75) is 33.2 Å². The van der Waals surface area contributed by atoms with Crippen LogP contribution >= 0.6 is 11.3 Å². The fraction of sp³-hybridized carbons (Fsp3) is 0.600. The van der Waals surface area contributed by atoms with E-state index in [-0.39, 0.29) is 0 Å². The number of nitrogens with one attached hydrogen (secondary N) is 1. The molecule has 1 N–H and O–H groups in total. The lowest BCUT2D eigenvalue weighted by molar-refractivity contribution is 0.511. The van der Waals surface area contributed by atoms with Crippen LogP contribution in [-0.4, -0.2) is 6.04 Å². The third-order valence-corrected chi connectivity index (χ3v) is 2.80.